The van der Waals surface area contributed by atoms with Crippen LogP contribution in [0, 0.1) is 11.5 Å². The molecule has 0 radical (unpaired) electrons. The lowest BCUT2D eigenvalue weighted by Gasteiger charge is -2.19. The van der Waals surface area contributed by atoms with E-state index < -0.39 is 14.0 Å². The van der Waals surface area contributed by atoms with Crippen molar-refractivity contribution in [2.75, 3.05) is 7.11 Å². The molecule has 0 saturated heterocycles. The molecule has 0 spiro atoms. The molecule has 0 amide bonds. The molecule has 8 heteroatoms. The van der Waals surface area contributed by atoms with Crippen LogP contribution in [0.15, 0.2) is 57.5 Å². The molecule has 0 aromatic heterocycles. The Morgan fingerprint density at radius 1 is 1.00 bits per heavy atom. The largest absolute Gasteiger partial charge is 0.496 e. The normalized spacial score (nSPS) is 11.1. The number of methoxy groups -OCH3 is 1. The van der Waals surface area contributed by atoms with Crippen molar-refractivity contribution in [3.05, 3.63) is 85.3 Å². The van der Waals surface area contributed by atoms with Gasteiger partial charge in [0.1, 0.15) is 19.6 Å². The van der Waals surface area contributed by atoms with Gasteiger partial charge in [0.2, 0.25) is 0 Å². The summed E-state index contributed by atoms with van der Waals surface area (Å²) in [6.07, 6.45) is -0.127. The summed E-state index contributed by atoms with van der Waals surface area (Å²) in [5.41, 5.74) is 6.46. The van der Waals surface area contributed by atoms with Crippen molar-refractivity contribution in [1.82, 2.24) is 0 Å². The zero-order chi connectivity index (χ0) is 28.2. The molecule has 0 aliphatic heterocycles. The highest BCUT2D eigenvalue weighted by Gasteiger charge is 2.23. The van der Waals surface area contributed by atoms with Gasteiger partial charge in [-0.3, -0.25) is 9.59 Å². The van der Waals surface area contributed by atoms with Gasteiger partial charge in [-0.2, -0.15) is 0 Å². The maximum absolute atomic E-state index is 13.8. The van der Waals surface area contributed by atoms with Crippen molar-refractivity contribution < 1.29 is 24.2 Å². The van der Waals surface area contributed by atoms with Crippen LogP contribution in [-0.4, -0.2) is 32.0 Å². The molecular weight excluding hydrogens is 628 g/mol. The second kappa shape index (κ2) is 12.3. The van der Waals surface area contributed by atoms with E-state index in [2.05, 4.69) is 63.0 Å². The molecule has 0 saturated carbocycles. The van der Waals surface area contributed by atoms with E-state index in [1.54, 1.807) is 37.4 Å². The minimum Gasteiger partial charge on any atom is -0.496 e. The number of hydrogen-bond donors (Lipinski definition) is 1. The average Bonchev–Trinajstić information content (AvgIpc) is 2.83. The number of carboxylic acids is 1. The monoisotopic (exact) mass is 656 g/mol. The Labute approximate surface area is 241 Å². The van der Waals surface area contributed by atoms with E-state index in [-0.39, 0.29) is 18.1 Å². The van der Waals surface area contributed by atoms with Crippen molar-refractivity contribution in [3.63, 3.8) is 0 Å². The van der Waals surface area contributed by atoms with Crippen LogP contribution in [-0.2, 0) is 11.2 Å². The molecule has 0 unspecified atom stereocenters. The predicted molar refractivity (Wildman–Crippen MR) is 160 cm³/mol. The van der Waals surface area contributed by atoms with Gasteiger partial charge in [0.25, 0.3) is 0 Å². The maximum Gasteiger partial charge on any atom is 0.307 e. The zero-order valence-electron chi connectivity index (χ0n) is 22.2. The number of benzene rings is 3. The van der Waals surface area contributed by atoms with Gasteiger partial charge in [-0.1, -0.05) is 51.5 Å². The number of carboxylic acid groups (broad SMARTS) is 1. The summed E-state index contributed by atoms with van der Waals surface area (Å²) >= 11 is 7.00. The number of ether oxygens (including phenoxy) is 2. The SMILES string of the molecule is COc1cc(C(=O)c2cccc(C#C[Si](C)(C)C)c2)c(Oc2c(Br)cc(CC(=O)O)cc2Br)cc1C(C)C. The smallest absolute Gasteiger partial charge is 0.307 e. The predicted octanol–water partition coefficient (Wildman–Crippen LogP) is 8.22. The molecule has 198 valence electrons. The Hall–Kier alpha value is -2.86. The highest BCUT2D eigenvalue weighted by atomic mass is 79.9. The van der Waals surface area contributed by atoms with Gasteiger partial charge in [-0.15, -0.1) is 5.54 Å². The molecule has 0 fully saturated rings. The molecule has 38 heavy (non-hydrogen) atoms. The lowest BCUT2D eigenvalue weighted by atomic mass is 9.95. The van der Waals surface area contributed by atoms with Crippen LogP contribution in [0.5, 0.6) is 17.2 Å². The molecule has 0 bridgehead atoms. The molecule has 0 atom stereocenters. The van der Waals surface area contributed by atoms with Gasteiger partial charge in [0.15, 0.2) is 11.5 Å². The Kier molecular flexibility index (Phi) is 9.63. The molecule has 1 N–H and O–H groups in total. The quantitative estimate of drug-likeness (QED) is 0.150. The summed E-state index contributed by atoms with van der Waals surface area (Å²) in [5.74, 6) is 3.57. The Morgan fingerprint density at radius 3 is 2.21 bits per heavy atom. The molecule has 0 aliphatic carbocycles. The summed E-state index contributed by atoms with van der Waals surface area (Å²) in [5, 5.41) is 9.17. The minimum absolute atomic E-state index is 0.112. The van der Waals surface area contributed by atoms with Crippen LogP contribution in [0.25, 0.3) is 0 Å². The van der Waals surface area contributed by atoms with Crippen LogP contribution in [0.3, 0.4) is 0 Å². The highest BCUT2D eigenvalue weighted by Crippen LogP contribution is 2.42. The molecule has 3 aromatic rings. The van der Waals surface area contributed by atoms with E-state index in [0.717, 1.165) is 11.1 Å². The van der Waals surface area contributed by atoms with Gasteiger partial charge in [-0.05, 0) is 79.7 Å². The number of carbonyl (C=O) groups excluding carboxylic acids is 1. The van der Waals surface area contributed by atoms with Crippen LogP contribution in [0.4, 0.5) is 0 Å². The second-order valence-corrected chi connectivity index (χ2v) is 16.7. The van der Waals surface area contributed by atoms with Crippen LogP contribution < -0.4 is 9.47 Å². The number of hydrogen-bond acceptors (Lipinski definition) is 4. The topological polar surface area (TPSA) is 72.8 Å². The fraction of sp³-hybridized carbons (Fsp3) is 0.267. The summed E-state index contributed by atoms with van der Waals surface area (Å²) in [7, 11) is 0.00194. The van der Waals surface area contributed by atoms with Gasteiger partial charge in [0, 0.05) is 16.7 Å². The van der Waals surface area contributed by atoms with Crippen LogP contribution in [0.2, 0.25) is 19.6 Å². The van der Waals surface area contributed by atoms with Crippen LogP contribution >= 0.6 is 31.9 Å². The summed E-state index contributed by atoms with van der Waals surface area (Å²) in [4.78, 5) is 25.0. The first-order valence-electron chi connectivity index (χ1n) is 12.1. The average molecular weight is 658 g/mol. The van der Waals surface area contributed by atoms with Crippen molar-refractivity contribution in [1.29, 1.82) is 0 Å². The van der Waals surface area contributed by atoms with E-state index in [0.29, 0.717) is 42.9 Å². The lowest BCUT2D eigenvalue weighted by Crippen LogP contribution is -2.16. The van der Waals surface area contributed by atoms with E-state index in [4.69, 9.17) is 14.6 Å². The Morgan fingerprint density at radius 2 is 1.66 bits per heavy atom. The van der Waals surface area contributed by atoms with Crippen molar-refractivity contribution >= 4 is 51.7 Å². The van der Waals surface area contributed by atoms with Gasteiger partial charge >= 0.3 is 5.97 Å². The Balaban J connectivity index is 2.13. The Bertz CT molecular complexity index is 1420. The van der Waals surface area contributed by atoms with E-state index in [9.17, 15) is 9.59 Å². The number of rotatable bonds is 8. The first-order valence-corrected chi connectivity index (χ1v) is 17.1. The fourth-order valence-electron chi connectivity index (χ4n) is 3.72. The number of carbonyl (C=O) groups is 2. The number of halogens is 2. The van der Waals surface area contributed by atoms with Crippen LogP contribution in [0.1, 0.15) is 52.4 Å². The lowest BCUT2D eigenvalue weighted by molar-refractivity contribution is -0.136. The highest BCUT2D eigenvalue weighted by molar-refractivity contribution is 9.11. The van der Waals surface area contributed by atoms with E-state index in [1.807, 2.05) is 32.0 Å². The summed E-state index contributed by atoms with van der Waals surface area (Å²) in [6.45, 7) is 10.6. The van der Waals surface area contributed by atoms with Gasteiger partial charge in [-0.25, -0.2) is 0 Å². The summed E-state index contributed by atoms with van der Waals surface area (Å²) in [6, 6.07) is 14.2. The molecule has 3 rings (SSSR count). The van der Waals surface area contributed by atoms with Crippen molar-refractivity contribution in [3.8, 4) is 28.7 Å². The third-order valence-electron chi connectivity index (χ3n) is 5.53. The fourth-order valence-corrected chi connectivity index (χ4v) is 5.68. The maximum atomic E-state index is 13.8. The molecule has 0 heterocycles. The summed E-state index contributed by atoms with van der Waals surface area (Å²) < 4.78 is 13.1. The third kappa shape index (κ3) is 7.59. The van der Waals surface area contributed by atoms with Crippen molar-refractivity contribution in [2.45, 2.75) is 45.8 Å². The number of aliphatic carboxylic acids is 1. The first-order chi connectivity index (χ1) is 17.8. The number of ketones is 1. The molecular formula is C30H30Br2O5Si. The van der Waals surface area contributed by atoms with Crippen molar-refractivity contribution in [2.24, 2.45) is 0 Å². The second-order valence-electron chi connectivity index (χ2n) is 10.2. The standard InChI is InChI=1S/C30H30Br2O5Si/c1-18(2)22-16-27(37-30-24(31)13-20(14-25(30)32)15-28(33)34)23(17-26(22)36-3)29(35)21-9-7-8-19(12-21)10-11-38(4,5)6/h7-9,12-14,16-18H,15H2,1-6H3,(H,33,34). The van der Waals surface area contributed by atoms with E-state index in [1.165, 1.54) is 0 Å². The first kappa shape index (κ1) is 29.7. The van der Waals surface area contributed by atoms with Gasteiger partial charge in [0.05, 0.1) is 28.0 Å². The molecule has 3 aromatic carbocycles. The molecule has 0 aliphatic rings. The van der Waals surface area contributed by atoms with E-state index >= 15 is 0 Å². The zero-order valence-corrected chi connectivity index (χ0v) is 26.4. The van der Waals surface area contributed by atoms with Gasteiger partial charge < -0.3 is 14.6 Å². The molecule has 5 nitrogen and oxygen atoms in total. The third-order valence-corrected chi connectivity index (χ3v) is 7.58. The minimum atomic E-state index is -1.58.